The van der Waals surface area contributed by atoms with Gasteiger partial charge in [-0.15, -0.1) is 0 Å². The summed E-state index contributed by atoms with van der Waals surface area (Å²) < 4.78 is 6.32. The van der Waals surface area contributed by atoms with Crippen LogP contribution in [0.5, 0.6) is 0 Å². The van der Waals surface area contributed by atoms with E-state index in [1.54, 1.807) is 0 Å². The number of H-pyrrole nitrogens is 1. The average Bonchev–Trinajstić information content (AvgIpc) is 2.33. The van der Waals surface area contributed by atoms with Crippen LogP contribution in [0.2, 0.25) is 0 Å². The van der Waals surface area contributed by atoms with E-state index in [4.69, 9.17) is 5.84 Å². The van der Waals surface area contributed by atoms with Crippen LogP contribution >= 0.6 is 11.7 Å². The molecule has 1 aromatic rings. The Morgan fingerprint density at radius 1 is 1.75 bits per heavy atom. The van der Waals surface area contributed by atoms with Gasteiger partial charge in [-0.05, 0) is 5.92 Å². The Morgan fingerprint density at radius 2 is 2.42 bits per heavy atom. The van der Waals surface area contributed by atoms with Gasteiger partial charge in [0.2, 0.25) is 5.82 Å². The van der Waals surface area contributed by atoms with E-state index >= 15 is 0 Å². The maximum absolute atomic E-state index is 11.0. The Hall–Kier alpha value is -0.880. The third-order valence-corrected chi connectivity index (χ3v) is 1.85. The molecule has 0 aliphatic carbocycles. The van der Waals surface area contributed by atoms with Gasteiger partial charge in [0.25, 0.3) is 0 Å². The smallest absolute Gasteiger partial charge is 0.289 e. The number of anilines is 1. The number of hydrogen-bond donors (Lipinski definition) is 2. The first-order valence-electron chi connectivity index (χ1n) is 3.68. The summed E-state index contributed by atoms with van der Waals surface area (Å²) in [6.45, 7) is 4.69. The summed E-state index contributed by atoms with van der Waals surface area (Å²) in [4.78, 5) is 11.0. The minimum Gasteiger partial charge on any atom is -0.289 e. The van der Waals surface area contributed by atoms with Crippen molar-refractivity contribution in [3.8, 4) is 0 Å². The van der Waals surface area contributed by atoms with Crippen molar-refractivity contribution in [2.75, 3.05) is 11.6 Å². The molecule has 0 atom stereocenters. The lowest BCUT2D eigenvalue weighted by atomic mass is 10.2. The van der Waals surface area contributed by atoms with E-state index in [1.807, 2.05) is 13.8 Å². The number of nitrogens with two attached hydrogens (primary N) is 1. The summed E-state index contributed by atoms with van der Waals surface area (Å²) in [6.07, 6.45) is 0. The maximum Gasteiger partial charge on any atom is 0.303 e. The van der Waals surface area contributed by atoms with Crippen LogP contribution in [0.1, 0.15) is 13.8 Å². The number of nitrogens with zero attached hydrogens (tertiary/aromatic N) is 2. The topological polar surface area (TPSA) is 75.0 Å². The number of hydrogen-bond acceptors (Lipinski definition) is 5. The van der Waals surface area contributed by atoms with Crippen molar-refractivity contribution in [3.63, 3.8) is 0 Å². The molecule has 0 aliphatic rings. The third kappa shape index (κ3) is 2.05. The second-order valence-electron chi connectivity index (χ2n) is 2.98. The molecular formula is C6H12N4OS. The first-order valence-corrected chi connectivity index (χ1v) is 4.45. The van der Waals surface area contributed by atoms with Gasteiger partial charge in [0.15, 0.2) is 0 Å². The Bertz CT molecular complexity index is 292. The fourth-order valence-corrected chi connectivity index (χ4v) is 1.35. The minimum absolute atomic E-state index is 0.219. The fraction of sp³-hybridized carbons (Fsp3) is 0.667. The molecular weight excluding hydrogens is 176 g/mol. The number of rotatable bonds is 3. The molecule has 1 aromatic heterocycles. The normalized spacial score (nSPS) is 10.7. The average molecular weight is 188 g/mol. The van der Waals surface area contributed by atoms with Crippen molar-refractivity contribution < 1.29 is 0 Å². The first-order chi connectivity index (χ1) is 5.61. The number of aromatic nitrogens is 2. The largest absolute Gasteiger partial charge is 0.303 e. The number of nitrogens with one attached hydrogen (secondary N) is 1. The van der Waals surface area contributed by atoms with Gasteiger partial charge in [-0.2, -0.15) is 4.37 Å². The van der Waals surface area contributed by atoms with Gasteiger partial charge in [-0.3, -0.25) is 14.2 Å². The molecule has 0 bridgehead atoms. The zero-order chi connectivity index (χ0) is 9.14. The van der Waals surface area contributed by atoms with Crippen molar-refractivity contribution in [2.24, 2.45) is 11.8 Å². The summed E-state index contributed by atoms with van der Waals surface area (Å²) in [7, 11) is 0. The van der Waals surface area contributed by atoms with E-state index in [-0.39, 0.29) is 5.56 Å². The molecule has 5 nitrogen and oxygen atoms in total. The predicted octanol–water partition coefficient (Wildman–Crippen LogP) is 0.168. The molecule has 0 unspecified atom stereocenters. The Balaban J connectivity index is 2.71. The summed E-state index contributed by atoms with van der Waals surface area (Å²) in [5.41, 5.74) is -0.219. The molecule has 1 rings (SSSR count). The highest BCUT2D eigenvalue weighted by atomic mass is 32.1. The molecule has 0 saturated carbocycles. The number of hydrazine groups is 1. The Kier molecular flexibility index (Phi) is 2.83. The molecule has 0 fully saturated rings. The third-order valence-electron chi connectivity index (χ3n) is 1.31. The van der Waals surface area contributed by atoms with Crippen LogP contribution in [0.4, 0.5) is 5.82 Å². The quantitative estimate of drug-likeness (QED) is 0.523. The molecule has 1 heterocycles. The highest BCUT2D eigenvalue weighted by Crippen LogP contribution is 2.02. The minimum atomic E-state index is -0.219. The van der Waals surface area contributed by atoms with Crippen LogP contribution in [0.25, 0.3) is 0 Å². The van der Waals surface area contributed by atoms with E-state index in [1.165, 1.54) is 5.01 Å². The van der Waals surface area contributed by atoms with Crippen LogP contribution in [0.15, 0.2) is 4.79 Å². The summed E-state index contributed by atoms with van der Waals surface area (Å²) in [6, 6.07) is 0. The molecule has 0 aromatic carbocycles. The molecule has 0 saturated heterocycles. The zero-order valence-electron chi connectivity index (χ0n) is 7.07. The van der Waals surface area contributed by atoms with Gasteiger partial charge in [-0.25, -0.2) is 5.84 Å². The van der Waals surface area contributed by atoms with Gasteiger partial charge >= 0.3 is 5.56 Å². The molecule has 0 spiro atoms. The van der Waals surface area contributed by atoms with Crippen LogP contribution in [-0.4, -0.2) is 15.3 Å². The fourth-order valence-electron chi connectivity index (χ4n) is 0.857. The Morgan fingerprint density at radius 3 is 2.83 bits per heavy atom. The van der Waals surface area contributed by atoms with Gasteiger partial charge in [0, 0.05) is 18.3 Å². The highest BCUT2D eigenvalue weighted by molar-refractivity contribution is 6.99. The lowest BCUT2D eigenvalue weighted by molar-refractivity contribution is 0.617. The second kappa shape index (κ2) is 3.68. The van der Waals surface area contributed by atoms with Gasteiger partial charge in [-0.1, -0.05) is 13.8 Å². The molecule has 6 heteroatoms. The van der Waals surface area contributed by atoms with Crippen LogP contribution < -0.4 is 16.4 Å². The molecule has 0 amide bonds. The summed E-state index contributed by atoms with van der Waals surface area (Å²) in [5.74, 6) is 6.31. The Labute approximate surface area is 74.5 Å². The van der Waals surface area contributed by atoms with E-state index in [0.717, 1.165) is 11.7 Å². The van der Waals surface area contributed by atoms with Crippen LogP contribution in [-0.2, 0) is 0 Å². The monoisotopic (exact) mass is 188 g/mol. The van der Waals surface area contributed by atoms with E-state index < -0.39 is 0 Å². The molecule has 12 heavy (non-hydrogen) atoms. The standard InChI is InChI=1S/C6H12N4OS/c1-4(2)3-10(7)5-6(11)9-12-8-5/h4H,3,7H2,1-2H3,(H,9,11). The number of aromatic amines is 1. The van der Waals surface area contributed by atoms with Gasteiger partial charge in [0.1, 0.15) is 0 Å². The van der Waals surface area contributed by atoms with Crippen LogP contribution in [0.3, 0.4) is 0 Å². The zero-order valence-corrected chi connectivity index (χ0v) is 7.89. The van der Waals surface area contributed by atoms with E-state index in [0.29, 0.717) is 18.3 Å². The summed E-state index contributed by atoms with van der Waals surface area (Å²) >= 11 is 1.01. The van der Waals surface area contributed by atoms with Gasteiger partial charge in [0.05, 0.1) is 0 Å². The van der Waals surface area contributed by atoms with Crippen molar-refractivity contribution in [2.45, 2.75) is 13.8 Å². The van der Waals surface area contributed by atoms with E-state index in [9.17, 15) is 4.79 Å². The second-order valence-corrected chi connectivity index (χ2v) is 3.55. The summed E-state index contributed by atoms with van der Waals surface area (Å²) in [5, 5.41) is 1.38. The highest BCUT2D eigenvalue weighted by Gasteiger charge is 2.10. The molecule has 3 N–H and O–H groups in total. The predicted molar refractivity (Wildman–Crippen MR) is 49.1 cm³/mol. The van der Waals surface area contributed by atoms with Crippen molar-refractivity contribution in [3.05, 3.63) is 10.4 Å². The van der Waals surface area contributed by atoms with Gasteiger partial charge < -0.3 is 0 Å². The molecule has 68 valence electrons. The first kappa shape index (κ1) is 9.21. The molecule has 0 aliphatic heterocycles. The van der Waals surface area contributed by atoms with Crippen molar-refractivity contribution in [1.29, 1.82) is 0 Å². The lowest BCUT2D eigenvalue weighted by Crippen LogP contribution is -2.37. The maximum atomic E-state index is 11.0. The van der Waals surface area contributed by atoms with Crippen molar-refractivity contribution >= 4 is 17.5 Å². The molecule has 0 radical (unpaired) electrons. The van der Waals surface area contributed by atoms with Crippen LogP contribution in [0, 0.1) is 5.92 Å². The van der Waals surface area contributed by atoms with E-state index in [2.05, 4.69) is 8.75 Å². The lowest BCUT2D eigenvalue weighted by Gasteiger charge is -2.16. The SMILES string of the molecule is CC(C)CN(N)c1ns[nH]c1=O. The van der Waals surface area contributed by atoms with Crippen molar-refractivity contribution in [1.82, 2.24) is 8.75 Å².